The molecule has 0 bridgehead atoms. The minimum atomic E-state index is -0.0302. The van der Waals surface area contributed by atoms with Gasteiger partial charge < -0.3 is 15.4 Å². The fourth-order valence-electron chi connectivity index (χ4n) is 2.88. The number of methoxy groups -OCH3 is 1. The molecule has 0 aromatic rings. The highest BCUT2D eigenvalue weighted by molar-refractivity contribution is 5.80. The molecule has 2 aliphatic carbocycles. The van der Waals surface area contributed by atoms with Gasteiger partial charge in [-0.05, 0) is 25.7 Å². The van der Waals surface area contributed by atoms with E-state index in [9.17, 15) is 0 Å². The van der Waals surface area contributed by atoms with Crippen molar-refractivity contribution in [2.75, 3.05) is 20.7 Å². The Morgan fingerprint density at radius 3 is 2.47 bits per heavy atom. The standard InChI is InChI=1S/C15H29N3O/c1-14(2)12(10-15(14,3)19-5)18-13(16-4)17-9-8-11-6-7-11/h11-12H,6-10H2,1-5H3,(H2,16,17,18). The molecule has 0 radical (unpaired) electrons. The molecule has 2 unspecified atom stereocenters. The average Bonchev–Trinajstić information content (AvgIpc) is 3.20. The van der Waals surface area contributed by atoms with Crippen molar-refractivity contribution in [3.8, 4) is 0 Å². The van der Waals surface area contributed by atoms with Gasteiger partial charge in [-0.1, -0.05) is 26.7 Å². The number of ether oxygens (including phenoxy) is 1. The smallest absolute Gasteiger partial charge is 0.191 e. The van der Waals surface area contributed by atoms with Crippen LogP contribution in [0.1, 0.15) is 46.5 Å². The van der Waals surface area contributed by atoms with E-state index in [2.05, 4.69) is 36.4 Å². The van der Waals surface area contributed by atoms with Gasteiger partial charge in [-0.15, -0.1) is 0 Å². The zero-order valence-electron chi connectivity index (χ0n) is 13.0. The number of aliphatic imine (C=N–C) groups is 1. The Morgan fingerprint density at radius 2 is 2.00 bits per heavy atom. The Labute approximate surface area is 117 Å². The molecule has 4 heteroatoms. The molecule has 110 valence electrons. The number of rotatable bonds is 5. The first-order valence-electron chi connectivity index (χ1n) is 7.45. The van der Waals surface area contributed by atoms with Gasteiger partial charge in [-0.2, -0.15) is 0 Å². The van der Waals surface area contributed by atoms with Gasteiger partial charge in [0.1, 0.15) is 0 Å². The highest BCUT2D eigenvalue weighted by Gasteiger charge is 2.58. The summed E-state index contributed by atoms with van der Waals surface area (Å²) in [5.41, 5.74) is 0.0907. The molecule has 2 atom stereocenters. The Balaban J connectivity index is 1.79. The van der Waals surface area contributed by atoms with Crippen molar-refractivity contribution in [1.82, 2.24) is 10.6 Å². The van der Waals surface area contributed by atoms with E-state index in [-0.39, 0.29) is 11.0 Å². The molecular formula is C15H29N3O. The van der Waals surface area contributed by atoms with E-state index in [1.165, 1.54) is 19.3 Å². The van der Waals surface area contributed by atoms with Crippen LogP contribution in [0.5, 0.6) is 0 Å². The molecular weight excluding hydrogens is 238 g/mol. The summed E-state index contributed by atoms with van der Waals surface area (Å²) in [7, 11) is 3.65. The first kappa shape index (κ1) is 14.6. The second-order valence-corrected chi connectivity index (χ2v) is 6.79. The van der Waals surface area contributed by atoms with Crippen molar-refractivity contribution in [2.24, 2.45) is 16.3 Å². The molecule has 19 heavy (non-hydrogen) atoms. The third-order valence-electron chi connectivity index (χ3n) is 5.35. The van der Waals surface area contributed by atoms with Crippen LogP contribution in [0.15, 0.2) is 4.99 Å². The van der Waals surface area contributed by atoms with Gasteiger partial charge in [0, 0.05) is 32.2 Å². The van der Waals surface area contributed by atoms with E-state index in [4.69, 9.17) is 4.74 Å². The maximum Gasteiger partial charge on any atom is 0.191 e. The van der Waals surface area contributed by atoms with E-state index in [1.807, 2.05) is 7.05 Å². The van der Waals surface area contributed by atoms with Crippen molar-refractivity contribution in [1.29, 1.82) is 0 Å². The van der Waals surface area contributed by atoms with Crippen LogP contribution in [0.4, 0.5) is 0 Å². The Bertz CT molecular complexity index is 349. The molecule has 2 rings (SSSR count). The number of guanidine groups is 1. The molecule has 0 amide bonds. The molecule has 0 aromatic carbocycles. The van der Waals surface area contributed by atoms with E-state index < -0.39 is 0 Å². The van der Waals surface area contributed by atoms with Crippen molar-refractivity contribution in [3.63, 3.8) is 0 Å². The Morgan fingerprint density at radius 1 is 1.32 bits per heavy atom. The number of nitrogens with one attached hydrogen (secondary N) is 2. The highest BCUT2D eigenvalue weighted by atomic mass is 16.5. The minimum Gasteiger partial charge on any atom is -0.378 e. The maximum absolute atomic E-state index is 5.65. The number of hydrogen-bond acceptors (Lipinski definition) is 2. The lowest BCUT2D eigenvalue weighted by Gasteiger charge is -2.59. The van der Waals surface area contributed by atoms with Crippen molar-refractivity contribution < 1.29 is 4.74 Å². The highest BCUT2D eigenvalue weighted by Crippen LogP contribution is 2.51. The summed E-state index contributed by atoms with van der Waals surface area (Å²) in [4.78, 5) is 4.32. The summed E-state index contributed by atoms with van der Waals surface area (Å²) < 4.78 is 5.65. The summed E-state index contributed by atoms with van der Waals surface area (Å²) in [5.74, 6) is 1.89. The summed E-state index contributed by atoms with van der Waals surface area (Å²) in [6, 6.07) is 0.421. The molecule has 0 aromatic heterocycles. The van der Waals surface area contributed by atoms with Gasteiger partial charge in [0.2, 0.25) is 0 Å². The summed E-state index contributed by atoms with van der Waals surface area (Å²) in [5, 5.41) is 6.96. The van der Waals surface area contributed by atoms with Crippen LogP contribution in [-0.4, -0.2) is 38.3 Å². The average molecular weight is 267 g/mol. The molecule has 4 nitrogen and oxygen atoms in total. The predicted octanol–water partition coefficient (Wildman–Crippen LogP) is 2.16. The second-order valence-electron chi connectivity index (χ2n) is 6.79. The zero-order chi connectivity index (χ0) is 14.1. The fourth-order valence-corrected chi connectivity index (χ4v) is 2.88. The molecule has 0 spiro atoms. The van der Waals surface area contributed by atoms with Crippen LogP contribution in [0.2, 0.25) is 0 Å². The Kier molecular flexibility index (Phi) is 4.09. The van der Waals surface area contributed by atoms with Crippen LogP contribution in [-0.2, 0) is 4.74 Å². The third kappa shape index (κ3) is 2.88. The summed E-state index contributed by atoms with van der Waals surface area (Å²) >= 11 is 0. The van der Waals surface area contributed by atoms with Gasteiger partial charge in [-0.25, -0.2) is 0 Å². The molecule has 2 saturated carbocycles. The third-order valence-corrected chi connectivity index (χ3v) is 5.35. The predicted molar refractivity (Wildman–Crippen MR) is 79.4 cm³/mol. The first-order chi connectivity index (χ1) is 8.93. The van der Waals surface area contributed by atoms with E-state index in [0.717, 1.165) is 24.8 Å². The fraction of sp³-hybridized carbons (Fsp3) is 0.933. The molecule has 2 aliphatic rings. The molecule has 2 fully saturated rings. The Hall–Kier alpha value is -0.770. The van der Waals surface area contributed by atoms with Gasteiger partial charge in [0.05, 0.1) is 5.60 Å². The molecule has 0 saturated heterocycles. The maximum atomic E-state index is 5.65. The first-order valence-corrected chi connectivity index (χ1v) is 7.45. The van der Waals surface area contributed by atoms with Gasteiger partial charge in [-0.3, -0.25) is 4.99 Å². The second kappa shape index (κ2) is 5.31. The van der Waals surface area contributed by atoms with Crippen molar-refractivity contribution in [3.05, 3.63) is 0 Å². The van der Waals surface area contributed by atoms with E-state index >= 15 is 0 Å². The topological polar surface area (TPSA) is 45.7 Å². The SMILES string of the molecule is CN=C(NCCC1CC1)NC1CC(C)(OC)C1(C)C. The number of nitrogens with zero attached hydrogens (tertiary/aromatic N) is 1. The number of hydrogen-bond donors (Lipinski definition) is 2. The lowest BCUT2D eigenvalue weighted by molar-refractivity contribution is -0.176. The van der Waals surface area contributed by atoms with Gasteiger partial charge in [0.15, 0.2) is 5.96 Å². The van der Waals surface area contributed by atoms with Crippen LogP contribution >= 0.6 is 0 Å². The minimum absolute atomic E-state index is 0.0302. The molecule has 0 heterocycles. The molecule has 2 N–H and O–H groups in total. The summed E-state index contributed by atoms with van der Waals surface area (Å²) in [6.45, 7) is 7.73. The van der Waals surface area contributed by atoms with Crippen LogP contribution in [0, 0.1) is 11.3 Å². The molecule has 0 aliphatic heterocycles. The van der Waals surface area contributed by atoms with Crippen LogP contribution in [0.3, 0.4) is 0 Å². The van der Waals surface area contributed by atoms with Gasteiger partial charge in [0.25, 0.3) is 0 Å². The lowest BCUT2D eigenvalue weighted by atomic mass is 9.56. The van der Waals surface area contributed by atoms with Gasteiger partial charge >= 0.3 is 0 Å². The van der Waals surface area contributed by atoms with Crippen molar-refractivity contribution in [2.45, 2.75) is 58.1 Å². The van der Waals surface area contributed by atoms with E-state index in [0.29, 0.717) is 6.04 Å². The van der Waals surface area contributed by atoms with Crippen molar-refractivity contribution >= 4 is 5.96 Å². The normalized spacial score (nSPS) is 33.7. The van der Waals surface area contributed by atoms with E-state index in [1.54, 1.807) is 7.11 Å². The summed E-state index contributed by atoms with van der Waals surface area (Å²) in [6.07, 6.45) is 5.12. The van der Waals surface area contributed by atoms with Crippen LogP contribution < -0.4 is 10.6 Å². The lowest BCUT2D eigenvalue weighted by Crippen LogP contribution is -2.69. The largest absolute Gasteiger partial charge is 0.378 e. The monoisotopic (exact) mass is 267 g/mol. The quantitative estimate of drug-likeness (QED) is 0.593. The van der Waals surface area contributed by atoms with Crippen LogP contribution in [0.25, 0.3) is 0 Å². The zero-order valence-corrected chi connectivity index (χ0v) is 13.0.